The monoisotopic (exact) mass is 342 g/mol. The lowest BCUT2D eigenvalue weighted by Crippen LogP contribution is -2.42. The van der Waals surface area contributed by atoms with Gasteiger partial charge in [0.2, 0.25) is 5.91 Å². The summed E-state index contributed by atoms with van der Waals surface area (Å²) in [5, 5.41) is 3.32. The smallest absolute Gasteiger partial charge is 0.222 e. The maximum absolute atomic E-state index is 13.9. The van der Waals surface area contributed by atoms with Crippen molar-refractivity contribution in [2.24, 2.45) is 5.92 Å². The average Bonchev–Trinajstić information content (AvgIpc) is 3.06. The van der Waals surface area contributed by atoms with E-state index in [-0.39, 0.29) is 30.2 Å². The minimum atomic E-state index is -0.355. The standard InChI is InChI=1S/C17H23FN2O2.ClH/c18-15-4-2-1-3-14(15)16-12-20(9-10-22-16)17(21)6-5-13-7-8-19-11-13;/h1-4,13,16,19H,5-12H2;1H. The van der Waals surface area contributed by atoms with E-state index in [2.05, 4.69) is 5.32 Å². The van der Waals surface area contributed by atoms with E-state index in [9.17, 15) is 9.18 Å². The molecule has 0 bridgehead atoms. The van der Waals surface area contributed by atoms with Crippen molar-refractivity contribution < 1.29 is 13.9 Å². The molecule has 2 fully saturated rings. The third-order valence-corrected chi connectivity index (χ3v) is 4.60. The lowest BCUT2D eigenvalue weighted by Gasteiger charge is -2.33. The maximum Gasteiger partial charge on any atom is 0.222 e. The van der Waals surface area contributed by atoms with Gasteiger partial charge in [0.1, 0.15) is 11.9 Å². The second-order valence-electron chi connectivity index (χ2n) is 6.12. The Morgan fingerprint density at radius 2 is 2.22 bits per heavy atom. The van der Waals surface area contributed by atoms with Crippen LogP contribution in [0.1, 0.15) is 30.9 Å². The lowest BCUT2D eigenvalue weighted by molar-refractivity contribution is -0.139. The van der Waals surface area contributed by atoms with Gasteiger partial charge in [0, 0.05) is 18.5 Å². The van der Waals surface area contributed by atoms with E-state index in [4.69, 9.17) is 4.74 Å². The fraction of sp³-hybridized carbons (Fsp3) is 0.588. The summed E-state index contributed by atoms with van der Waals surface area (Å²) in [6.45, 7) is 3.60. The largest absolute Gasteiger partial charge is 0.370 e. The van der Waals surface area contributed by atoms with Gasteiger partial charge in [-0.2, -0.15) is 0 Å². The first kappa shape index (κ1) is 18.2. The molecule has 2 unspecified atom stereocenters. The van der Waals surface area contributed by atoms with Crippen LogP contribution in [0.15, 0.2) is 24.3 Å². The SMILES string of the molecule is Cl.O=C(CCC1CCNC1)N1CCOC(c2ccccc2F)C1. The Morgan fingerprint density at radius 1 is 1.39 bits per heavy atom. The van der Waals surface area contributed by atoms with Gasteiger partial charge in [-0.1, -0.05) is 18.2 Å². The van der Waals surface area contributed by atoms with E-state index in [1.165, 1.54) is 6.07 Å². The van der Waals surface area contributed by atoms with Crippen molar-refractivity contribution in [3.05, 3.63) is 35.6 Å². The Hall–Kier alpha value is -1.17. The Kier molecular flexibility index (Phi) is 6.81. The zero-order valence-corrected chi connectivity index (χ0v) is 14.0. The normalized spacial score (nSPS) is 24.3. The van der Waals surface area contributed by atoms with Gasteiger partial charge in [0.15, 0.2) is 0 Å². The number of nitrogens with one attached hydrogen (secondary N) is 1. The van der Waals surface area contributed by atoms with Crippen LogP contribution in [-0.4, -0.2) is 43.6 Å². The summed E-state index contributed by atoms with van der Waals surface area (Å²) in [7, 11) is 0. The summed E-state index contributed by atoms with van der Waals surface area (Å²) < 4.78 is 19.5. The number of morpholine rings is 1. The fourth-order valence-electron chi connectivity index (χ4n) is 3.25. The molecule has 23 heavy (non-hydrogen) atoms. The molecule has 6 heteroatoms. The zero-order chi connectivity index (χ0) is 15.4. The number of carbonyl (C=O) groups is 1. The molecule has 2 heterocycles. The molecule has 0 aliphatic carbocycles. The van der Waals surface area contributed by atoms with Crippen LogP contribution in [0, 0.1) is 11.7 Å². The minimum absolute atomic E-state index is 0. The van der Waals surface area contributed by atoms with Crippen LogP contribution in [0.2, 0.25) is 0 Å². The number of hydrogen-bond donors (Lipinski definition) is 1. The molecular weight excluding hydrogens is 319 g/mol. The van der Waals surface area contributed by atoms with E-state index < -0.39 is 0 Å². The van der Waals surface area contributed by atoms with E-state index in [1.807, 2.05) is 4.90 Å². The van der Waals surface area contributed by atoms with E-state index in [1.54, 1.807) is 18.2 Å². The average molecular weight is 343 g/mol. The third kappa shape index (κ3) is 4.66. The molecule has 2 aliphatic rings. The molecule has 4 nitrogen and oxygen atoms in total. The highest BCUT2D eigenvalue weighted by Gasteiger charge is 2.27. The topological polar surface area (TPSA) is 41.6 Å². The molecule has 0 spiro atoms. The van der Waals surface area contributed by atoms with Crippen LogP contribution in [0.5, 0.6) is 0 Å². The van der Waals surface area contributed by atoms with Crippen molar-refractivity contribution in [2.75, 3.05) is 32.8 Å². The van der Waals surface area contributed by atoms with E-state index in [0.29, 0.717) is 37.6 Å². The first-order valence-electron chi connectivity index (χ1n) is 8.08. The zero-order valence-electron chi connectivity index (χ0n) is 13.2. The van der Waals surface area contributed by atoms with Crippen LogP contribution in [0.25, 0.3) is 0 Å². The van der Waals surface area contributed by atoms with E-state index >= 15 is 0 Å². The van der Waals surface area contributed by atoms with Gasteiger partial charge in [-0.25, -0.2) is 4.39 Å². The number of ether oxygens (including phenoxy) is 1. The summed E-state index contributed by atoms with van der Waals surface area (Å²) in [5.74, 6) is 0.516. The Balaban J connectivity index is 0.00000192. The van der Waals surface area contributed by atoms with Crippen molar-refractivity contribution in [2.45, 2.75) is 25.4 Å². The molecule has 1 N–H and O–H groups in total. The fourth-order valence-corrected chi connectivity index (χ4v) is 3.25. The van der Waals surface area contributed by atoms with Crippen molar-refractivity contribution in [1.82, 2.24) is 10.2 Å². The van der Waals surface area contributed by atoms with Crippen molar-refractivity contribution in [3.63, 3.8) is 0 Å². The van der Waals surface area contributed by atoms with Crippen molar-refractivity contribution in [3.8, 4) is 0 Å². The van der Waals surface area contributed by atoms with Gasteiger partial charge < -0.3 is 15.0 Å². The molecule has 1 aromatic rings. The molecular formula is C17H24ClFN2O2. The molecule has 0 saturated carbocycles. The number of carbonyl (C=O) groups excluding carboxylic acids is 1. The molecule has 1 amide bonds. The number of rotatable bonds is 4. The van der Waals surface area contributed by atoms with Crippen molar-refractivity contribution in [1.29, 1.82) is 0 Å². The van der Waals surface area contributed by atoms with Gasteiger partial charge in [-0.3, -0.25) is 4.79 Å². The van der Waals surface area contributed by atoms with Gasteiger partial charge in [-0.05, 0) is 37.9 Å². The molecule has 0 radical (unpaired) electrons. The molecule has 2 atom stereocenters. The van der Waals surface area contributed by atoms with Gasteiger partial charge in [0.05, 0.1) is 13.2 Å². The molecule has 0 aromatic heterocycles. The Morgan fingerprint density at radius 3 is 2.96 bits per heavy atom. The molecule has 128 valence electrons. The summed E-state index contributed by atoms with van der Waals surface area (Å²) in [6.07, 6.45) is 2.32. The predicted octanol–water partition coefficient (Wildman–Crippen LogP) is 2.54. The van der Waals surface area contributed by atoms with Gasteiger partial charge in [0.25, 0.3) is 0 Å². The first-order chi connectivity index (χ1) is 10.7. The Bertz CT molecular complexity index is 523. The highest BCUT2D eigenvalue weighted by Crippen LogP contribution is 2.25. The Labute approximate surface area is 142 Å². The van der Waals surface area contributed by atoms with Crippen LogP contribution >= 0.6 is 12.4 Å². The third-order valence-electron chi connectivity index (χ3n) is 4.60. The number of amides is 1. The van der Waals surface area contributed by atoms with Crippen molar-refractivity contribution >= 4 is 18.3 Å². The highest BCUT2D eigenvalue weighted by molar-refractivity contribution is 5.85. The first-order valence-corrected chi connectivity index (χ1v) is 8.08. The van der Waals surface area contributed by atoms with Crippen LogP contribution in [0.3, 0.4) is 0 Å². The summed E-state index contributed by atoms with van der Waals surface area (Å²) in [5.41, 5.74) is 0.542. The maximum atomic E-state index is 13.9. The lowest BCUT2D eigenvalue weighted by atomic mass is 10.0. The molecule has 2 saturated heterocycles. The second-order valence-corrected chi connectivity index (χ2v) is 6.12. The number of benzene rings is 1. The predicted molar refractivity (Wildman–Crippen MR) is 89.1 cm³/mol. The quantitative estimate of drug-likeness (QED) is 0.914. The van der Waals surface area contributed by atoms with Gasteiger partial charge in [-0.15, -0.1) is 12.4 Å². The highest BCUT2D eigenvalue weighted by atomic mass is 35.5. The molecule has 3 rings (SSSR count). The summed E-state index contributed by atoms with van der Waals surface area (Å²) in [6, 6.07) is 6.64. The number of nitrogens with zero attached hydrogens (tertiary/aromatic N) is 1. The second kappa shape index (κ2) is 8.62. The van der Waals surface area contributed by atoms with E-state index in [0.717, 1.165) is 25.9 Å². The summed E-state index contributed by atoms with van der Waals surface area (Å²) in [4.78, 5) is 14.2. The molecule has 1 aromatic carbocycles. The minimum Gasteiger partial charge on any atom is -0.370 e. The summed E-state index contributed by atoms with van der Waals surface area (Å²) >= 11 is 0. The number of hydrogen-bond acceptors (Lipinski definition) is 3. The van der Waals surface area contributed by atoms with Crippen LogP contribution in [0.4, 0.5) is 4.39 Å². The van der Waals surface area contributed by atoms with Crippen LogP contribution < -0.4 is 5.32 Å². The van der Waals surface area contributed by atoms with Crippen LogP contribution in [-0.2, 0) is 9.53 Å². The molecule has 2 aliphatic heterocycles. The number of halogens is 2. The van der Waals surface area contributed by atoms with Gasteiger partial charge >= 0.3 is 0 Å².